The molecule has 0 aromatic heterocycles. The number of hydrogen-bond acceptors (Lipinski definition) is 2. The number of ketones is 1. The van der Waals surface area contributed by atoms with Crippen molar-refractivity contribution in [1.82, 2.24) is 0 Å². The molecule has 0 saturated carbocycles. The lowest BCUT2D eigenvalue weighted by molar-refractivity contribution is 0.103. The molecule has 1 nitrogen and oxygen atoms in total. The predicted molar refractivity (Wildman–Crippen MR) is 92.3 cm³/mol. The van der Waals surface area contributed by atoms with Crippen molar-refractivity contribution >= 4 is 17.5 Å². The summed E-state index contributed by atoms with van der Waals surface area (Å²) >= 11 is 1.63. The van der Waals surface area contributed by atoms with Crippen LogP contribution < -0.4 is 0 Å². The van der Waals surface area contributed by atoms with E-state index in [9.17, 15) is 9.18 Å². The summed E-state index contributed by atoms with van der Waals surface area (Å²) in [6.45, 7) is 0. The van der Waals surface area contributed by atoms with Gasteiger partial charge in [0.2, 0.25) is 0 Å². The van der Waals surface area contributed by atoms with E-state index in [0.29, 0.717) is 11.1 Å². The average Bonchev–Trinajstić information content (AvgIpc) is 2.61. The highest BCUT2D eigenvalue weighted by Gasteiger charge is 2.13. The Balaban J connectivity index is 1.82. The van der Waals surface area contributed by atoms with Gasteiger partial charge in [0.1, 0.15) is 5.82 Å². The molecule has 0 fully saturated rings. The van der Waals surface area contributed by atoms with Crippen molar-refractivity contribution in [2.75, 3.05) is 0 Å². The summed E-state index contributed by atoms with van der Waals surface area (Å²) in [5.74, 6) is 0.378. The van der Waals surface area contributed by atoms with E-state index in [0.717, 1.165) is 10.6 Å². The van der Waals surface area contributed by atoms with E-state index in [1.165, 1.54) is 29.8 Å². The first-order chi connectivity index (χ1) is 11.2. The molecule has 0 saturated heterocycles. The number of rotatable bonds is 5. The Bertz CT molecular complexity index is 797. The molecule has 0 N–H and O–H groups in total. The Morgan fingerprint density at radius 2 is 1.48 bits per heavy atom. The quantitative estimate of drug-likeness (QED) is 0.465. The summed E-state index contributed by atoms with van der Waals surface area (Å²) in [5, 5.41) is 0. The van der Waals surface area contributed by atoms with Gasteiger partial charge in [-0.05, 0) is 42.0 Å². The number of benzene rings is 3. The molecule has 3 heteroatoms. The van der Waals surface area contributed by atoms with Crippen molar-refractivity contribution in [3.63, 3.8) is 0 Å². The predicted octanol–water partition coefficient (Wildman–Crippen LogP) is 5.35. The monoisotopic (exact) mass is 322 g/mol. The maximum Gasteiger partial charge on any atom is 0.194 e. The molecule has 0 atom stereocenters. The van der Waals surface area contributed by atoms with Crippen molar-refractivity contribution in [3.8, 4) is 0 Å². The topological polar surface area (TPSA) is 17.1 Å². The lowest BCUT2D eigenvalue weighted by Crippen LogP contribution is -2.03. The fourth-order valence-electron chi connectivity index (χ4n) is 2.27. The molecule has 0 spiro atoms. The van der Waals surface area contributed by atoms with E-state index in [2.05, 4.69) is 12.1 Å². The lowest BCUT2D eigenvalue weighted by atomic mass is 10.0. The summed E-state index contributed by atoms with van der Waals surface area (Å²) in [6.07, 6.45) is 0. The second-order valence-electron chi connectivity index (χ2n) is 5.11. The molecule has 0 aliphatic carbocycles. The number of hydrogen-bond donors (Lipinski definition) is 0. The van der Waals surface area contributed by atoms with E-state index in [4.69, 9.17) is 0 Å². The van der Waals surface area contributed by atoms with Crippen LogP contribution in [-0.2, 0) is 5.75 Å². The molecule has 114 valence electrons. The van der Waals surface area contributed by atoms with Crippen LogP contribution in [0.1, 0.15) is 21.5 Å². The van der Waals surface area contributed by atoms with E-state index in [1.807, 2.05) is 42.5 Å². The largest absolute Gasteiger partial charge is 0.289 e. The zero-order chi connectivity index (χ0) is 16.1. The van der Waals surface area contributed by atoms with Crippen LogP contribution in [0.25, 0.3) is 0 Å². The average molecular weight is 322 g/mol. The third-order valence-corrected chi connectivity index (χ3v) is 4.62. The molecule has 3 aromatic rings. The molecule has 0 aliphatic rings. The molecule has 3 rings (SSSR count). The van der Waals surface area contributed by atoms with Crippen molar-refractivity contribution in [2.24, 2.45) is 0 Å². The first kappa shape index (κ1) is 15.5. The van der Waals surface area contributed by atoms with Gasteiger partial charge in [0.25, 0.3) is 0 Å². The molecular weight excluding hydrogens is 307 g/mol. The molecule has 23 heavy (non-hydrogen) atoms. The van der Waals surface area contributed by atoms with Gasteiger partial charge in [0.15, 0.2) is 5.78 Å². The van der Waals surface area contributed by atoms with Gasteiger partial charge in [-0.15, -0.1) is 11.8 Å². The van der Waals surface area contributed by atoms with Gasteiger partial charge >= 0.3 is 0 Å². The highest BCUT2D eigenvalue weighted by atomic mass is 32.2. The molecular formula is C20H15FOS. The van der Waals surface area contributed by atoms with Gasteiger partial charge < -0.3 is 0 Å². The van der Waals surface area contributed by atoms with Crippen LogP contribution in [-0.4, -0.2) is 5.78 Å². The minimum absolute atomic E-state index is 0.0823. The van der Waals surface area contributed by atoms with Crippen LogP contribution in [0.3, 0.4) is 0 Å². The molecule has 0 radical (unpaired) electrons. The first-order valence-electron chi connectivity index (χ1n) is 7.30. The highest BCUT2D eigenvalue weighted by Crippen LogP contribution is 2.28. The first-order valence-corrected chi connectivity index (χ1v) is 8.28. The van der Waals surface area contributed by atoms with Gasteiger partial charge in [-0.1, -0.05) is 42.5 Å². The van der Waals surface area contributed by atoms with E-state index < -0.39 is 0 Å². The van der Waals surface area contributed by atoms with Crippen LogP contribution in [0.5, 0.6) is 0 Å². The maximum absolute atomic E-state index is 13.0. The van der Waals surface area contributed by atoms with Crippen LogP contribution >= 0.6 is 11.8 Å². The summed E-state index contributed by atoms with van der Waals surface area (Å²) in [4.78, 5) is 13.6. The second kappa shape index (κ2) is 7.25. The van der Waals surface area contributed by atoms with Crippen LogP contribution in [0.4, 0.5) is 4.39 Å². The Kier molecular flexibility index (Phi) is 4.89. The Labute approximate surface area is 139 Å². The zero-order valence-corrected chi connectivity index (χ0v) is 13.2. The van der Waals surface area contributed by atoms with Crippen molar-refractivity contribution in [3.05, 3.63) is 101 Å². The minimum atomic E-state index is -0.340. The van der Waals surface area contributed by atoms with E-state index >= 15 is 0 Å². The summed E-state index contributed by atoms with van der Waals surface area (Å²) in [6, 6.07) is 23.3. The number of carbonyl (C=O) groups excluding carboxylic acids is 1. The standard InChI is InChI=1S/C20H15FOS/c21-17-12-10-16(11-13-17)20(22)18-8-4-5-9-19(18)23-14-15-6-2-1-3-7-15/h1-13H,14H2. The van der Waals surface area contributed by atoms with E-state index in [1.54, 1.807) is 11.8 Å². The molecule has 0 heterocycles. The van der Waals surface area contributed by atoms with Gasteiger partial charge in [0, 0.05) is 21.8 Å². The normalized spacial score (nSPS) is 10.5. The fraction of sp³-hybridized carbons (Fsp3) is 0.0500. The van der Waals surface area contributed by atoms with E-state index in [-0.39, 0.29) is 11.6 Å². The third kappa shape index (κ3) is 3.88. The van der Waals surface area contributed by atoms with Crippen molar-refractivity contribution in [2.45, 2.75) is 10.6 Å². The van der Waals surface area contributed by atoms with Crippen molar-refractivity contribution in [1.29, 1.82) is 0 Å². The smallest absolute Gasteiger partial charge is 0.194 e. The van der Waals surface area contributed by atoms with Gasteiger partial charge in [-0.2, -0.15) is 0 Å². The number of carbonyl (C=O) groups is 1. The van der Waals surface area contributed by atoms with Gasteiger partial charge in [-0.25, -0.2) is 4.39 Å². The Hall–Kier alpha value is -2.39. The molecule has 0 unspecified atom stereocenters. The van der Waals surface area contributed by atoms with Gasteiger partial charge in [0.05, 0.1) is 0 Å². The summed E-state index contributed by atoms with van der Waals surface area (Å²) < 4.78 is 13.0. The Morgan fingerprint density at radius 1 is 0.826 bits per heavy atom. The molecule has 0 bridgehead atoms. The summed E-state index contributed by atoms with van der Waals surface area (Å²) in [7, 11) is 0. The minimum Gasteiger partial charge on any atom is -0.289 e. The number of thioether (sulfide) groups is 1. The third-order valence-electron chi connectivity index (χ3n) is 3.48. The van der Waals surface area contributed by atoms with Crippen LogP contribution in [0.15, 0.2) is 83.8 Å². The molecule has 0 aliphatic heterocycles. The highest BCUT2D eigenvalue weighted by molar-refractivity contribution is 7.98. The van der Waals surface area contributed by atoms with Crippen molar-refractivity contribution < 1.29 is 9.18 Å². The van der Waals surface area contributed by atoms with Crippen LogP contribution in [0.2, 0.25) is 0 Å². The second-order valence-corrected chi connectivity index (χ2v) is 6.12. The lowest BCUT2D eigenvalue weighted by Gasteiger charge is -2.08. The molecule has 3 aromatic carbocycles. The fourth-order valence-corrected chi connectivity index (χ4v) is 3.28. The molecule has 0 amide bonds. The maximum atomic E-state index is 13.0. The van der Waals surface area contributed by atoms with Crippen LogP contribution in [0, 0.1) is 5.82 Å². The number of halogens is 1. The Morgan fingerprint density at radius 3 is 2.22 bits per heavy atom. The summed E-state index contributed by atoms with van der Waals surface area (Å²) in [5.41, 5.74) is 2.36. The zero-order valence-electron chi connectivity index (χ0n) is 12.4. The SMILES string of the molecule is O=C(c1ccc(F)cc1)c1ccccc1SCc1ccccc1. The van der Waals surface area contributed by atoms with Gasteiger partial charge in [-0.3, -0.25) is 4.79 Å².